The first-order valence-corrected chi connectivity index (χ1v) is 13.4. The number of nitrogens with one attached hydrogen (secondary N) is 1. The maximum Gasteiger partial charge on any atom is 0.488 e. The molecule has 2 aromatic carbocycles. The number of amides is 1. The number of carbonyl (C=O) groups is 1. The third-order valence-corrected chi connectivity index (χ3v) is 9.47. The van der Waals surface area contributed by atoms with Crippen LogP contribution in [0.3, 0.4) is 0 Å². The molecule has 3 N–H and O–H groups in total. The molecule has 0 unspecified atom stereocenters. The van der Waals surface area contributed by atoms with E-state index in [1.165, 1.54) is 5.56 Å². The molecular weight excluding hydrogens is 459 g/mol. The first-order chi connectivity index (χ1) is 17.2. The molecule has 0 radical (unpaired) electrons. The molecule has 0 saturated heterocycles. The number of benzene rings is 2. The van der Waals surface area contributed by atoms with E-state index >= 15 is 8.78 Å². The molecule has 3 aliphatic rings. The lowest BCUT2D eigenvalue weighted by molar-refractivity contribution is -0.133. The summed E-state index contributed by atoms with van der Waals surface area (Å²) in [7, 11) is -1.49. The van der Waals surface area contributed by atoms with Gasteiger partial charge in [0.25, 0.3) is 5.92 Å². The van der Waals surface area contributed by atoms with Crippen LogP contribution in [0, 0.1) is 23.2 Å². The minimum absolute atomic E-state index is 0.0265. The molecule has 0 aliphatic heterocycles. The standard InChI is InChI=1S/C29H36BF2NO3/c1-28-15-14-24-23-13-11-22(30(35)36)16-20(23)10-12-25(24)27(28)21(17-29(28,31)32)8-5-9-26(34)33-18-19-6-3-2-4-7-19/h2-4,6-7,11,13,16,21,24-25,27,35-36H,5,8-10,12,14-15,17-18H2,1H3,(H,33,34)/t21-,24+,25+,27-,28-/m0/s1. The Morgan fingerprint density at radius 3 is 2.67 bits per heavy atom. The Kier molecular flexibility index (Phi) is 6.99. The van der Waals surface area contributed by atoms with Crippen molar-refractivity contribution in [2.24, 2.45) is 23.2 Å². The molecule has 0 heterocycles. The van der Waals surface area contributed by atoms with Crippen LogP contribution in [0.25, 0.3) is 0 Å². The third kappa shape index (κ3) is 4.61. The zero-order valence-corrected chi connectivity index (χ0v) is 20.9. The molecule has 192 valence electrons. The molecule has 2 aromatic rings. The van der Waals surface area contributed by atoms with Gasteiger partial charge in [0, 0.05) is 24.8 Å². The summed E-state index contributed by atoms with van der Waals surface area (Å²) in [6.45, 7) is 2.29. The Morgan fingerprint density at radius 1 is 1.14 bits per heavy atom. The maximum absolute atomic E-state index is 15.5. The fourth-order valence-electron chi connectivity index (χ4n) is 7.69. The van der Waals surface area contributed by atoms with Gasteiger partial charge in [0.1, 0.15) is 0 Å². The topological polar surface area (TPSA) is 69.6 Å². The summed E-state index contributed by atoms with van der Waals surface area (Å²) in [5.74, 6) is -2.42. The van der Waals surface area contributed by atoms with Gasteiger partial charge >= 0.3 is 7.12 Å². The second-order valence-electron chi connectivity index (χ2n) is 11.4. The predicted molar refractivity (Wildman–Crippen MR) is 137 cm³/mol. The second-order valence-corrected chi connectivity index (χ2v) is 11.4. The second kappa shape index (κ2) is 9.90. The molecular formula is C29H36BF2NO3. The van der Waals surface area contributed by atoms with Gasteiger partial charge in [-0.25, -0.2) is 8.78 Å². The van der Waals surface area contributed by atoms with Crippen LogP contribution in [0.5, 0.6) is 0 Å². The van der Waals surface area contributed by atoms with Crippen LogP contribution >= 0.6 is 0 Å². The van der Waals surface area contributed by atoms with Gasteiger partial charge in [-0.3, -0.25) is 4.79 Å². The van der Waals surface area contributed by atoms with E-state index in [4.69, 9.17) is 0 Å². The summed E-state index contributed by atoms with van der Waals surface area (Å²) in [5.41, 5.74) is 2.87. The summed E-state index contributed by atoms with van der Waals surface area (Å²) in [5, 5.41) is 22.1. The van der Waals surface area contributed by atoms with Crippen molar-refractivity contribution < 1.29 is 23.6 Å². The highest BCUT2D eigenvalue weighted by atomic mass is 19.3. The number of halogens is 2. The third-order valence-electron chi connectivity index (χ3n) is 9.47. The van der Waals surface area contributed by atoms with Crippen LogP contribution in [0.1, 0.15) is 74.5 Å². The minimum Gasteiger partial charge on any atom is -0.423 e. The quantitative estimate of drug-likeness (QED) is 0.493. The van der Waals surface area contributed by atoms with Crippen molar-refractivity contribution in [3.05, 3.63) is 65.2 Å². The van der Waals surface area contributed by atoms with Crippen LogP contribution in [-0.4, -0.2) is 29.0 Å². The zero-order chi connectivity index (χ0) is 25.5. The Labute approximate surface area is 212 Å². The van der Waals surface area contributed by atoms with E-state index in [1.54, 1.807) is 13.0 Å². The monoisotopic (exact) mass is 495 g/mol. The predicted octanol–water partition coefficient (Wildman–Crippen LogP) is 4.57. The van der Waals surface area contributed by atoms with Gasteiger partial charge in [-0.1, -0.05) is 55.5 Å². The molecule has 3 aliphatic carbocycles. The van der Waals surface area contributed by atoms with E-state index in [2.05, 4.69) is 5.32 Å². The summed E-state index contributed by atoms with van der Waals surface area (Å²) in [4.78, 5) is 12.4. The molecule has 4 nitrogen and oxygen atoms in total. The van der Waals surface area contributed by atoms with Gasteiger partial charge in [0.15, 0.2) is 0 Å². The molecule has 7 heteroatoms. The fraction of sp³-hybridized carbons (Fsp3) is 0.552. The number of hydrogen-bond acceptors (Lipinski definition) is 3. The smallest absolute Gasteiger partial charge is 0.423 e. The first kappa shape index (κ1) is 25.4. The highest BCUT2D eigenvalue weighted by Crippen LogP contribution is 2.68. The Balaban J connectivity index is 1.27. The van der Waals surface area contributed by atoms with Gasteiger partial charge in [-0.05, 0) is 84.3 Å². The van der Waals surface area contributed by atoms with Crippen molar-refractivity contribution in [1.82, 2.24) is 5.32 Å². The van der Waals surface area contributed by atoms with Crippen molar-refractivity contribution >= 4 is 18.5 Å². The molecule has 5 rings (SSSR count). The van der Waals surface area contributed by atoms with E-state index in [0.717, 1.165) is 30.4 Å². The maximum atomic E-state index is 15.5. The van der Waals surface area contributed by atoms with Crippen LogP contribution in [0.15, 0.2) is 48.5 Å². The van der Waals surface area contributed by atoms with E-state index in [0.29, 0.717) is 37.7 Å². The van der Waals surface area contributed by atoms with E-state index < -0.39 is 18.5 Å². The van der Waals surface area contributed by atoms with E-state index in [-0.39, 0.29) is 36.0 Å². The lowest BCUT2D eigenvalue weighted by Gasteiger charge is -2.51. The van der Waals surface area contributed by atoms with Crippen molar-refractivity contribution in [2.75, 3.05) is 0 Å². The number of carbonyl (C=O) groups excluding carboxylic acids is 1. The number of rotatable bonds is 7. The summed E-state index contributed by atoms with van der Waals surface area (Å²) >= 11 is 0. The van der Waals surface area contributed by atoms with Gasteiger partial charge in [0.05, 0.1) is 0 Å². The van der Waals surface area contributed by atoms with Gasteiger partial charge in [-0.2, -0.15) is 0 Å². The first-order valence-electron chi connectivity index (χ1n) is 13.4. The summed E-state index contributed by atoms with van der Waals surface area (Å²) in [6, 6.07) is 15.4. The highest BCUT2D eigenvalue weighted by Gasteiger charge is 2.67. The molecule has 36 heavy (non-hydrogen) atoms. The molecule has 0 aromatic heterocycles. The normalized spacial score (nSPS) is 30.1. The van der Waals surface area contributed by atoms with Gasteiger partial charge < -0.3 is 15.4 Å². The van der Waals surface area contributed by atoms with Crippen LogP contribution in [0.2, 0.25) is 0 Å². The van der Waals surface area contributed by atoms with E-state index in [9.17, 15) is 14.8 Å². The van der Waals surface area contributed by atoms with E-state index in [1.807, 2.05) is 42.5 Å². The SMILES string of the molecule is C[C@]12CC[C@@H]3c4ccc(B(O)O)cc4CC[C@H]3[C@@H]1[C@@H](CCCC(=O)NCc1ccccc1)CC2(F)F. The lowest BCUT2D eigenvalue weighted by Crippen LogP contribution is -2.47. The van der Waals surface area contributed by atoms with Crippen LogP contribution in [0.4, 0.5) is 8.78 Å². The van der Waals surface area contributed by atoms with Gasteiger partial charge in [-0.15, -0.1) is 0 Å². The number of fused-ring (bicyclic) bond motifs is 5. The number of aryl methyl sites for hydroxylation is 1. The Morgan fingerprint density at radius 2 is 1.92 bits per heavy atom. The molecule has 0 bridgehead atoms. The number of hydrogen-bond donors (Lipinski definition) is 3. The average molecular weight is 495 g/mol. The van der Waals surface area contributed by atoms with Crippen LogP contribution in [-0.2, 0) is 17.8 Å². The van der Waals surface area contributed by atoms with Crippen molar-refractivity contribution in [1.29, 1.82) is 0 Å². The van der Waals surface area contributed by atoms with Crippen molar-refractivity contribution in [3.8, 4) is 0 Å². The Bertz CT molecular complexity index is 1100. The van der Waals surface area contributed by atoms with Crippen molar-refractivity contribution in [3.63, 3.8) is 0 Å². The highest BCUT2D eigenvalue weighted by molar-refractivity contribution is 6.58. The average Bonchev–Trinajstić information content (AvgIpc) is 3.07. The lowest BCUT2D eigenvalue weighted by atomic mass is 9.53. The molecule has 0 spiro atoms. The van der Waals surface area contributed by atoms with Crippen LogP contribution < -0.4 is 10.8 Å². The fourth-order valence-corrected chi connectivity index (χ4v) is 7.69. The molecule has 2 fully saturated rings. The molecule has 2 saturated carbocycles. The molecule has 5 atom stereocenters. The zero-order valence-electron chi connectivity index (χ0n) is 20.9. The largest absolute Gasteiger partial charge is 0.488 e. The van der Waals surface area contributed by atoms with Gasteiger partial charge in [0.2, 0.25) is 5.91 Å². The minimum atomic E-state index is -2.69. The Hall–Kier alpha value is -2.25. The summed E-state index contributed by atoms with van der Waals surface area (Å²) in [6.07, 6.45) is 4.45. The van der Waals surface area contributed by atoms with Crippen molar-refractivity contribution in [2.45, 2.75) is 76.7 Å². The molecule has 1 amide bonds. The summed E-state index contributed by atoms with van der Waals surface area (Å²) < 4.78 is 30.9. The number of alkyl halides is 2.